The number of hydrogen-bond acceptors (Lipinski definition) is 3. The molecule has 0 aliphatic rings. The first-order valence-corrected chi connectivity index (χ1v) is 6.75. The number of anilines is 3. The summed E-state index contributed by atoms with van der Waals surface area (Å²) in [7, 11) is 0. The Kier molecular flexibility index (Phi) is 4.08. The maximum atomic E-state index is 11.4. The van der Waals surface area contributed by atoms with E-state index in [1.165, 1.54) is 12.5 Å². The van der Waals surface area contributed by atoms with Gasteiger partial charge < -0.3 is 11.1 Å². The molecule has 0 aliphatic heterocycles. The van der Waals surface area contributed by atoms with E-state index in [0.29, 0.717) is 17.2 Å². The molecule has 0 aromatic heterocycles. The van der Waals surface area contributed by atoms with Crippen molar-refractivity contribution < 1.29 is 4.79 Å². The fraction of sp³-hybridized carbons (Fsp3) is 0.235. The molecule has 0 saturated carbocycles. The molecular weight excluding hydrogens is 248 g/mol. The second-order valence-corrected chi connectivity index (χ2v) is 5.23. The number of ketones is 1. The van der Waals surface area contributed by atoms with E-state index in [-0.39, 0.29) is 5.78 Å². The van der Waals surface area contributed by atoms with Crippen molar-refractivity contribution >= 4 is 22.8 Å². The van der Waals surface area contributed by atoms with Crippen molar-refractivity contribution in [2.24, 2.45) is 0 Å². The van der Waals surface area contributed by atoms with Crippen LogP contribution in [0.3, 0.4) is 0 Å². The molecule has 104 valence electrons. The lowest BCUT2D eigenvalue weighted by molar-refractivity contribution is 0.101. The van der Waals surface area contributed by atoms with Gasteiger partial charge in [-0.1, -0.05) is 32.0 Å². The van der Waals surface area contributed by atoms with Gasteiger partial charge in [0.15, 0.2) is 5.78 Å². The van der Waals surface area contributed by atoms with Gasteiger partial charge in [-0.05, 0) is 42.7 Å². The zero-order chi connectivity index (χ0) is 14.7. The maximum Gasteiger partial charge on any atom is 0.161 e. The number of hydrogen-bond donors (Lipinski definition) is 2. The first-order chi connectivity index (χ1) is 9.49. The van der Waals surface area contributed by atoms with Gasteiger partial charge in [-0.25, -0.2) is 0 Å². The van der Waals surface area contributed by atoms with Crippen LogP contribution in [-0.4, -0.2) is 5.78 Å². The molecule has 3 heteroatoms. The molecule has 3 nitrogen and oxygen atoms in total. The Morgan fingerprint density at radius 3 is 2.45 bits per heavy atom. The van der Waals surface area contributed by atoms with E-state index in [4.69, 9.17) is 5.73 Å². The number of nitrogens with two attached hydrogens (primary N) is 1. The summed E-state index contributed by atoms with van der Waals surface area (Å²) in [5, 5.41) is 3.37. The normalized spacial score (nSPS) is 10.6. The Balaban J connectivity index is 2.31. The van der Waals surface area contributed by atoms with E-state index in [9.17, 15) is 4.79 Å². The summed E-state index contributed by atoms with van der Waals surface area (Å²) in [6.07, 6.45) is 0. The van der Waals surface area contributed by atoms with Crippen molar-refractivity contribution in [3.05, 3.63) is 53.6 Å². The number of para-hydroxylation sites is 1. The van der Waals surface area contributed by atoms with Crippen molar-refractivity contribution in [2.75, 3.05) is 11.1 Å². The second-order valence-electron chi connectivity index (χ2n) is 5.23. The topological polar surface area (TPSA) is 55.1 Å². The van der Waals surface area contributed by atoms with Gasteiger partial charge in [-0.3, -0.25) is 4.79 Å². The van der Waals surface area contributed by atoms with Crippen molar-refractivity contribution in [3.63, 3.8) is 0 Å². The minimum Gasteiger partial charge on any atom is -0.398 e. The van der Waals surface area contributed by atoms with E-state index in [1.807, 2.05) is 24.3 Å². The molecule has 0 spiro atoms. The van der Waals surface area contributed by atoms with Crippen molar-refractivity contribution in [2.45, 2.75) is 26.7 Å². The highest BCUT2D eigenvalue weighted by molar-refractivity contribution is 5.99. The lowest BCUT2D eigenvalue weighted by atomic mass is 10.0. The van der Waals surface area contributed by atoms with Gasteiger partial charge in [-0.15, -0.1) is 0 Å². The van der Waals surface area contributed by atoms with E-state index in [0.717, 1.165) is 11.4 Å². The Hall–Kier alpha value is -2.29. The molecule has 2 aromatic rings. The monoisotopic (exact) mass is 268 g/mol. The van der Waals surface area contributed by atoms with Crippen molar-refractivity contribution in [1.29, 1.82) is 0 Å². The van der Waals surface area contributed by atoms with Gasteiger partial charge in [0, 0.05) is 22.6 Å². The Labute approximate surface area is 119 Å². The van der Waals surface area contributed by atoms with Crippen LogP contribution in [0.1, 0.15) is 42.6 Å². The molecule has 0 atom stereocenters. The molecule has 0 unspecified atom stereocenters. The first-order valence-electron chi connectivity index (χ1n) is 6.75. The van der Waals surface area contributed by atoms with Gasteiger partial charge in [0.1, 0.15) is 0 Å². The number of benzene rings is 2. The van der Waals surface area contributed by atoms with Crippen LogP contribution >= 0.6 is 0 Å². The second kappa shape index (κ2) is 5.78. The third-order valence-electron chi connectivity index (χ3n) is 3.29. The minimum absolute atomic E-state index is 0.0170. The summed E-state index contributed by atoms with van der Waals surface area (Å²) in [6, 6.07) is 13.6. The molecule has 0 fully saturated rings. The summed E-state index contributed by atoms with van der Waals surface area (Å²) >= 11 is 0. The number of carbonyl (C=O) groups is 1. The largest absolute Gasteiger partial charge is 0.398 e. The summed E-state index contributed by atoms with van der Waals surface area (Å²) in [6.45, 7) is 5.84. The van der Waals surface area contributed by atoms with Crippen LogP contribution in [0.2, 0.25) is 0 Å². The molecule has 20 heavy (non-hydrogen) atoms. The molecule has 2 aromatic carbocycles. The average Bonchev–Trinajstić information content (AvgIpc) is 2.38. The van der Waals surface area contributed by atoms with E-state index >= 15 is 0 Å². The summed E-state index contributed by atoms with van der Waals surface area (Å²) in [5.41, 5.74) is 10.2. The number of rotatable bonds is 4. The lowest BCUT2D eigenvalue weighted by Gasteiger charge is -2.15. The quantitative estimate of drug-likeness (QED) is 0.640. The Morgan fingerprint density at radius 2 is 1.85 bits per heavy atom. The van der Waals surface area contributed by atoms with Crippen LogP contribution in [0.15, 0.2) is 42.5 Å². The summed E-state index contributed by atoms with van der Waals surface area (Å²) in [5.74, 6) is 0.421. The first kappa shape index (κ1) is 14.1. The van der Waals surface area contributed by atoms with Crippen LogP contribution < -0.4 is 11.1 Å². The zero-order valence-corrected chi connectivity index (χ0v) is 12.1. The van der Waals surface area contributed by atoms with E-state index in [1.54, 1.807) is 12.1 Å². The van der Waals surface area contributed by atoms with Crippen molar-refractivity contribution in [3.8, 4) is 0 Å². The fourth-order valence-electron chi connectivity index (χ4n) is 2.23. The van der Waals surface area contributed by atoms with Crippen LogP contribution in [-0.2, 0) is 0 Å². The number of carbonyl (C=O) groups excluding carboxylic acids is 1. The molecule has 3 N–H and O–H groups in total. The third kappa shape index (κ3) is 2.99. The highest BCUT2D eigenvalue weighted by atomic mass is 16.1. The molecule has 0 bridgehead atoms. The Bertz CT molecular complexity index is 633. The molecule has 0 saturated heterocycles. The van der Waals surface area contributed by atoms with Gasteiger partial charge >= 0.3 is 0 Å². The predicted molar refractivity (Wildman–Crippen MR) is 84.7 cm³/mol. The third-order valence-corrected chi connectivity index (χ3v) is 3.29. The molecular formula is C17H20N2O. The molecule has 0 amide bonds. The minimum atomic E-state index is -0.0170. The zero-order valence-electron chi connectivity index (χ0n) is 12.1. The number of nitrogen functional groups attached to an aromatic ring is 1. The predicted octanol–water partition coefficient (Wildman–Crippen LogP) is 4.34. The number of nitrogens with one attached hydrogen (secondary N) is 1. The van der Waals surface area contributed by atoms with Gasteiger partial charge in [0.05, 0.1) is 0 Å². The smallest absolute Gasteiger partial charge is 0.161 e. The lowest BCUT2D eigenvalue weighted by Crippen LogP contribution is -2.02. The van der Waals surface area contributed by atoms with Gasteiger partial charge in [0.2, 0.25) is 0 Å². The van der Waals surface area contributed by atoms with E-state index < -0.39 is 0 Å². The van der Waals surface area contributed by atoms with E-state index in [2.05, 4.69) is 25.2 Å². The maximum absolute atomic E-state index is 11.4. The fourth-order valence-corrected chi connectivity index (χ4v) is 2.23. The van der Waals surface area contributed by atoms with Crippen molar-refractivity contribution in [1.82, 2.24) is 0 Å². The molecule has 0 aliphatic carbocycles. The van der Waals surface area contributed by atoms with Crippen LogP contribution in [0, 0.1) is 0 Å². The van der Waals surface area contributed by atoms with Crippen LogP contribution in [0.5, 0.6) is 0 Å². The highest BCUT2D eigenvalue weighted by Crippen LogP contribution is 2.28. The average molecular weight is 268 g/mol. The Morgan fingerprint density at radius 1 is 1.15 bits per heavy atom. The SMILES string of the molecule is CC(=O)c1ccc(Nc2ccccc2C(C)C)cc1N. The highest BCUT2D eigenvalue weighted by Gasteiger charge is 2.08. The standard InChI is InChI=1S/C17H20N2O/c1-11(2)14-6-4-5-7-17(14)19-13-8-9-15(12(3)20)16(18)10-13/h4-11,19H,18H2,1-3H3. The molecule has 0 radical (unpaired) electrons. The molecule has 2 rings (SSSR count). The van der Waals surface area contributed by atoms with Crippen LogP contribution in [0.25, 0.3) is 0 Å². The summed E-state index contributed by atoms with van der Waals surface area (Å²) in [4.78, 5) is 11.4. The summed E-state index contributed by atoms with van der Waals surface area (Å²) < 4.78 is 0. The van der Waals surface area contributed by atoms with Crippen LogP contribution in [0.4, 0.5) is 17.1 Å². The number of Topliss-reactive ketones (excluding diaryl/α,β-unsaturated/α-hetero) is 1. The van der Waals surface area contributed by atoms with Gasteiger partial charge in [-0.2, -0.15) is 0 Å². The molecule has 0 heterocycles. The van der Waals surface area contributed by atoms with Gasteiger partial charge in [0.25, 0.3) is 0 Å².